The second-order valence-corrected chi connectivity index (χ2v) is 3.43. The van der Waals surface area contributed by atoms with Gasteiger partial charge in [-0.1, -0.05) is 0 Å². The molecular formula is C11H9F2NO. The molecule has 0 fully saturated rings. The van der Waals surface area contributed by atoms with Crippen molar-refractivity contribution < 1.29 is 13.6 Å². The molecule has 15 heavy (non-hydrogen) atoms. The quantitative estimate of drug-likeness (QED) is 0.661. The first kappa shape index (κ1) is 9.83. The van der Waals surface area contributed by atoms with E-state index in [1.807, 2.05) is 0 Å². The Balaban J connectivity index is 3.09. The summed E-state index contributed by atoms with van der Waals surface area (Å²) in [6.45, 7) is 1.66. The Morgan fingerprint density at radius 2 is 1.87 bits per heavy atom. The van der Waals surface area contributed by atoms with E-state index >= 15 is 0 Å². The van der Waals surface area contributed by atoms with Gasteiger partial charge in [0.05, 0.1) is 5.52 Å². The molecule has 78 valence electrons. The summed E-state index contributed by atoms with van der Waals surface area (Å²) in [5.74, 6) is -1.10. The van der Waals surface area contributed by atoms with Crippen molar-refractivity contribution in [3.8, 4) is 0 Å². The number of carbonyl (C=O) groups excluding carboxylic acids is 1. The van der Waals surface area contributed by atoms with E-state index in [1.54, 1.807) is 14.0 Å². The van der Waals surface area contributed by atoms with E-state index in [2.05, 4.69) is 0 Å². The van der Waals surface area contributed by atoms with Gasteiger partial charge < -0.3 is 4.57 Å². The van der Waals surface area contributed by atoms with Crippen molar-refractivity contribution in [1.29, 1.82) is 0 Å². The minimum Gasteiger partial charge on any atom is -0.345 e. The van der Waals surface area contributed by atoms with Gasteiger partial charge in [0.25, 0.3) is 0 Å². The number of aromatic nitrogens is 1. The lowest BCUT2D eigenvalue weighted by Gasteiger charge is -1.99. The highest BCUT2D eigenvalue weighted by Crippen LogP contribution is 2.28. The monoisotopic (exact) mass is 209 g/mol. The Kier molecular flexibility index (Phi) is 2.07. The minimum atomic E-state index is -0.572. The zero-order valence-electron chi connectivity index (χ0n) is 8.34. The predicted octanol–water partition coefficient (Wildman–Crippen LogP) is 2.58. The van der Waals surface area contributed by atoms with Crippen LogP contribution in [0.5, 0.6) is 0 Å². The van der Waals surface area contributed by atoms with Crippen LogP contribution in [0, 0.1) is 18.6 Å². The minimum absolute atomic E-state index is 0.0602. The van der Waals surface area contributed by atoms with Crippen molar-refractivity contribution in [2.45, 2.75) is 6.92 Å². The second-order valence-electron chi connectivity index (χ2n) is 3.43. The maximum atomic E-state index is 13.5. The zero-order chi connectivity index (χ0) is 11.2. The van der Waals surface area contributed by atoms with Gasteiger partial charge in [-0.05, 0) is 19.1 Å². The number of carbonyl (C=O) groups is 1. The molecule has 0 amide bonds. The van der Waals surface area contributed by atoms with E-state index in [-0.39, 0.29) is 16.5 Å². The van der Waals surface area contributed by atoms with Crippen molar-refractivity contribution >= 4 is 17.2 Å². The summed E-state index contributed by atoms with van der Waals surface area (Å²) in [5.41, 5.74) is 0.906. The fraction of sp³-hybridized carbons (Fsp3) is 0.182. The van der Waals surface area contributed by atoms with Crippen LogP contribution in [0.2, 0.25) is 0 Å². The standard InChI is InChI=1S/C11H9F2NO/c1-6-7(5-15)10-8(12)3-4-9(13)11(10)14(6)2/h3-5H,1-2H3. The molecule has 4 heteroatoms. The molecular weight excluding hydrogens is 200 g/mol. The van der Waals surface area contributed by atoms with E-state index in [4.69, 9.17) is 0 Å². The van der Waals surface area contributed by atoms with E-state index in [9.17, 15) is 13.6 Å². The fourth-order valence-electron chi connectivity index (χ4n) is 1.80. The van der Waals surface area contributed by atoms with Gasteiger partial charge in [-0.2, -0.15) is 0 Å². The molecule has 0 aliphatic carbocycles. The summed E-state index contributed by atoms with van der Waals surface area (Å²) in [6.07, 6.45) is 0.556. The lowest BCUT2D eigenvalue weighted by atomic mass is 10.1. The number of aldehydes is 1. The van der Waals surface area contributed by atoms with Gasteiger partial charge in [0.1, 0.15) is 11.6 Å². The maximum Gasteiger partial charge on any atom is 0.152 e. The first-order chi connectivity index (χ1) is 7.07. The highest BCUT2D eigenvalue weighted by atomic mass is 19.1. The first-order valence-corrected chi connectivity index (χ1v) is 4.46. The van der Waals surface area contributed by atoms with Gasteiger partial charge in [-0.3, -0.25) is 4.79 Å². The molecule has 0 saturated heterocycles. The predicted molar refractivity (Wildman–Crippen MR) is 53.0 cm³/mol. The number of rotatable bonds is 1. The highest BCUT2D eigenvalue weighted by Gasteiger charge is 2.17. The smallest absolute Gasteiger partial charge is 0.152 e. The fourth-order valence-corrected chi connectivity index (χ4v) is 1.80. The van der Waals surface area contributed by atoms with Crippen LogP contribution in [-0.4, -0.2) is 10.9 Å². The van der Waals surface area contributed by atoms with Gasteiger partial charge in [0, 0.05) is 23.7 Å². The maximum absolute atomic E-state index is 13.5. The summed E-state index contributed by atoms with van der Waals surface area (Å²) in [7, 11) is 1.60. The van der Waals surface area contributed by atoms with Crippen molar-refractivity contribution in [2.75, 3.05) is 0 Å². The molecule has 0 N–H and O–H groups in total. The third-order valence-electron chi connectivity index (χ3n) is 2.69. The topological polar surface area (TPSA) is 22.0 Å². The van der Waals surface area contributed by atoms with E-state index < -0.39 is 11.6 Å². The van der Waals surface area contributed by atoms with Gasteiger partial charge in [-0.15, -0.1) is 0 Å². The lowest BCUT2D eigenvalue weighted by molar-refractivity contribution is 0.112. The average molecular weight is 209 g/mol. The van der Waals surface area contributed by atoms with E-state index in [0.29, 0.717) is 12.0 Å². The van der Waals surface area contributed by atoms with E-state index in [0.717, 1.165) is 12.1 Å². The molecule has 0 unspecified atom stereocenters. The summed E-state index contributed by atoms with van der Waals surface area (Å²) in [6, 6.07) is 2.09. The lowest BCUT2D eigenvalue weighted by Crippen LogP contribution is -1.93. The van der Waals surface area contributed by atoms with Crippen molar-refractivity contribution in [3.63, 3.8) is 0 Å². The number of fused-ring (bicyclic) bond motifs is 1. The molecule has 1 heterocycles. The molecule has 2 aromatic rings. The van der Waals surface area contributed by atoms with Gasteiger partial charge >= 0.3 is 0 Å². The van der Waals surface area contributed by atoms with Crippen LogP contribution >= 0.6 is 0 Å². The van der Waals surface area contributed by atoms with E-state index in [1.165, 1.54) is 4.57 Å². The molecule has 0 aliphatic heterocycles. The summed E-state index contributed by atoms with van der Waals surface area (Å²) in [4.78, 5) is 10.8. The number of aryl methyl sites for hydroxylation is 1. The molecule has 1 aromatic carbocycles. The van der Waals surface area contributed by atoms with Gasteiger partial charge in [0.2, 0.25) is 0 Å². The molecule has 0 radical (unpaired) electrons. The SMILES string of the molecule is Cc1c(C=O)c2c(F)ccc(F)c2n1C. The Morgan fingerprint density at radius 1 is 1.27 bits per heavy atom. The Labute approximate surface area is 85.1 Å². The molecule has 0 spiro atoms. The number of hydrogen-bond donors (Lipinski definition) is 0. The van der Waals surface area contributed by atoms with Gasteiger partial charge in [0.15, 0.2) is 6.29 Å². The molecule has 0 aliphatic rings. The molecule has 0 saturated carbocycles. The van der Waals surface area contributed by atoms with Crippen molar-refractivity contribution in [1.82, 2.24) is 4.57 Å². The van der Waals surface area contributed by atoms with Crippen molar-refractivity contribution in [2.24, 2.45) is 7.05 Å². The Morgan fingerprint density at radius 3 is 2.47 bits per heavy atom. The number of hydrogen-bond acceptors (Lipinski definition) is 1. The number of nitrogens with zero attached hydrogens (tertiary/aromatic N) is 1. The van der Waals surface area contributed by atoms with Crippen LogP contribution in [0.15, 0.2) is 12.1 Å². The number of benzene rings is 1. The third kappa shape index (κ3) is 1.17. The summed E-state index contributed by atoms with van der Waals surface area (Å²) < 4.78 is 28.4. The molecule has 2 nitrogen and oxygen atoms in total. The molecule has 2 rings (SSSR count). The van der Waals surface area contributed by atoms with Crippen LogP contribution in [0.4, 0.5) is 8.78 Å². The summed E-state index contributed by atoms with van der Waals surface area (Å²) in [5, 5.41) is 0.0602. The van der Waals surface area contributed by atoms with Crippen LogP contribution < -0.4 is 0 Å². The van der Waals surface area contributed by atoms with Crippen molar-refractivity contribution in [3.05, 3.63) is 35.0 Å². The van der Waals surface area contributed by atoms with Crippen LogP contribution in [0.3, 0.4) is 0 Å². The Hall–Kier alpha value is -1.71. The molecule has 1 aromatic heterocycles. The average Bonchev–Trinajstić information content (AvgIpc) is 2.47. The van der Waals surface area contributed by atoms with Crippen LogP contribution in [0.25, 0.3) is 10.9 Å². The third-order valence-corrected chi connectivity index (χ3v) is 2.69. The second kappa shape index (κ2) is 3.15. The Bertz CT molecular complexity index is 557. The largest absolute Gasteiger partial charge is 0.345 e. The summed E-state index contributed by atoms with van der Waals surface area (Å²) >= 11 is 0. The zero-order valence-corrected chi connectivity index (χ0v) is 8.34. The molecule has 0 bridgehead atoms. The first-order valence-electron chi connectivity index (χ1n) is 4.46. The normalized spacial score (nSPS) is 10.9. The van der Waals surface area contributed by atoms with Crippen LogP contribution in [0.1, 0.15) is 16.1 Å². The van der Waals surface area contributed by atoms with Gasteiger partial charge in [-0.25, -0.2) is 8.78 Å². The van der Waals surface area contributed by atoms with Crippen LogP contribution in [-0.2, 0) is 7.05 Å². The highest BCUT2D eigenvalue weighted by molar-refractivity contribution is 5.99. The number of halogens is 2. The molecule has 0 atom stereocenters.